The summed E-state index contributed by atoms with van der Waals surface area (Å²) in [6.45, 7) is 3.08. The van der Waals surface area contributed by atoms with Crippen LogP contribution in [0.15, 0.2) is 46.1 Å². The minimum atomic E-state index is -0.483. The first-order chi connectivity index (χ1) is 15.1. The van der Waals surface area contributed by atoms with E-state index in [1.54, 1.807) is 17.9 Å². The van der Waals surface area contributed by atoms with Gasteiger partial charge in [-0.3, -0.25) is 14.3 Å². The van der Waals surface area contributed by atoms with Gasteiger partial charge in [0, 0.05) is 25.9 Å². The minimum absolute atomic E-state index is 0.243. The lowest BCUT2D eigenvalue weighted by molar-refractivity contribution is -0.169. The van der Waals surface area contributed by atoms with Gasteiger partial charge in [-0.15, -0.1) is 0 Å². The van der Waals surface area contributed by atoms with Crippen LogP contribution in [0.2, 0.25) is 0 Å². The van der Waals surface area contributed by atoms with E-state index >= 15 is 0 Å². The van der Waals surface area contributed by atoms with E-state index in [1.165, 1.54) is 0 Å². The van der Waals surface area contributed by atoms with E-state index in [4.69, 9.17) is 14.2 Å². The van der Waals surface area contributed by atoms with Gasteiger partial charge in [0.25, 0.3) is 5.56 Å². The second kappa shape index (κ2) is 7.82. The molecule has 9 nitrogen and oxygen atoms in total. The number of fused-ring (bicyclic) bond motifs is 1. The molecular formula is C22H24N4O5. The molecule has 31 heavy (non-hydrogen) atoms. The molecule has 3 aromatic rings. The van der Waals surface area contributed by atoms with Crippen LogP contribution in [0.3, 0.4) is 0 Å². The molecule has 0 unspecified atom stereocenters. The Kier molecular flexibility index (Phi) is 4.99. The number of hydrogen-bond donors (Lipinski definition) is 1. The number of anilines is 1. The van der Waals surface area contributed by atoms with E-state index in [0.717, 1.165) is 42.9 Å². The lowest BCUT2D eigenvalue weighted by atomic mass is 10.0. The Labute approximate surface area is 178 Å². The largest absolute Gasteiger partial charge is 0.497 e. The van der Waals surface area contributed by atoms with Crippen molar-refractivity contribution in [1.82, 2.24) is 14.5 Å². The third-order valence-electron chi connectivity index (χ3n) is 6.03. The standard InChI is InChI=1S/C22H24N4O5/c1-29-17-4-2-15(3-5-17)14-26-18-12-16(13-23-19(18)20(27)24-21(26)28)25-8-6-22(7-9-25)30-10-11-31-22/h2-5,12-13H,6-11,14H2,1H3,(H,24,27,28). The zero-order valence-electron chi connectivity index (χ0n) is 17.3. The molecule has 0 amide bonds. The number of nitrogens with zero attached hydrogens (tertiary/aromatic N) is 3. The van der Waals surface area contributed by atoms with E-state index in [9.17, 15) is 9.59 Å². The molecule has 0 aliphatic carbocycles. The fourth-order valence-electron chi connectivity index (χ4n) is 4.29. The van der Waals surface area contributed by atoms with Crippen molar-refractivity contribution in [3.8, 4) is 5.75 Å². The van der Waals surface area contributed by atoms with Gasteiger partial charge in [-0.2, -0.15) is 0 Å². The summed E-state index contributed by atoms with van der Waals surface area (Å²) in [4.78, 5) is 33.9. The summed E-state index contributed by atoms with van der Waals surface area (Å²) < 4.78 is 18.4. The van der Waals surface area contributed by atoms with Gasteiger partial charge in [0.15, 0.2) is 11.3 Å². The summed E-state index contributed by atoms with van der Waals surface area (Å²) in [5.41, 5.74) is 1.59. The lowest BCUT2D eigenvalue weighted by Gasteiger charge is -2.38. The smallest absolute Gasteiger partial charge is 0.329 e. The van der Waals surface area contributed by atoms with Crippen molar-refractivity contribution in [1.29, 1.82) is 0 Å². The highest BCUT2D eigenvalue weighted by Crippen LogP contribution is 2.33. The van der Waals surface area contributed by atoms with E-state index in [-0.39, 0.29) is 5.52 Å². The Balaban J connectivity index is 1.48. The molecule has 1 N–H and O–H groups in total. The van der Waals surface area contributed by atoms with Crippen molar-refractivity contribution in [2.24, 2.45) is 0 Å². The van der Waals surface area contributed by atoms with Gasteiger partial charge in [-0.1, -0.05) is 12.1 Å². The van der Waals surface area contributed by atoms with E-state index in [0.29, 0.717) is 25.3 Å². The van der Waals surface area contributed by atoms with Crippen LogP contribution in [-0.2, 0) is 16.0 Å². The van der Waals surface area contributed by atoms with E-state index in [2.05, 4.69) is 14.9 Å². The third kappa shape index (κ3) is 3.70. The number of hydrogen-bond acceptors (Lipinski definition) is 7. The van der Waals surface area contributed by atoms with Crippen molar-refractivity contribution in [2.75, 3.05) is 38.3 Å². The Hall–Kier alpha value is -3.17. The maximum absolute atomic E-state index is 12.6. The average molecular weight is 424 g/mol. The van der Waals surface area contributed by atoms with Crippen molar-refractivity contribution < 1.29 is 14.2 Å². The normalized spacial score (nSPS) is 18.0. The maximum Gasteiger partial charge on any atom is 0.329 e. The van der Waals surface area contributed by atoms with Crippen molar-refractivity contribution in [3.05, 3.63) is 62.9 Å². The number of rotatable bonds is 4. The summed E-state index contributed by atoms with van der Waals surface area (Å²) in [5, 5.41) is 0. The van der Waals surface area contributed by atoms with E-state index in [1.807, 2.05) is 30.3 Å². The molecule has 0 bridgehead atoms. The van der Waals surface area contributed by atoms with Gasteiger partial charge in [-0.25, -0.2) is 9.78 Å². The van der Waals surface area contributed by atoms with Crippen LogP contribution < -0.4 is 20.9 Å². The molecule has 9 heteroatoms. The summed E-state index contributed by atoms with van der Waals surface area (Å²) in [7, 11) is 1.61. The Bertz CT molecular complexity index is 1200. The van der Waals surface area contributed by atoms with Crippen LogP contribution >= 0.6 is 0 Å². The number of ether oxygens (including phenoxy) is 3. The van der Waals surface area contributed by atoms with Gasteiger partial charge in [0.05, 0.1) is 44.3 Å². The molecule has 0 saturated carbocycles. The van der Waals surface area contributed by atoms with Crippen LogP contribution in [-0.4, -0.2) is 53.7 Å². The molecule has 0 atom stereocenters. The summed E-state index contributed by atoms with van der Waals surface area (Å²) in [6, 6.07) is 9.34. The molecule has 5 rings (SSSR count). The highest BCUT2D eigenvalue weighted by molar-refractivity contribution is 5.77. The molecule has 162 valence electrons. The van der Waals surface area contributed by atoms with Crippen LogP contribution in [0.4, 0.5) is 5.69 Å². The average Bonchev–Trinajstić information content (AvgIpc) is 3.25. The first-order valence-electron chi connectivity index (χ1n) is 10.4. The zero-order valence-corrected chi connectivity index (χ0v) is 17.3. The van der Waals surface area contributed by atoms with Gasteiger partial charge in [0.1, 0.15) is 5.75 Å². The fourth-order valence-corrected chi connectivity index (χ4v) is 4.29. The molecule has 2 aliphatic heterocycles. The number of piperidine rings is 1. The first kappa shape index (κ1) is 19.8. The molecule has 2 aliphatic rings. The number of benzene rings is 1. The summed E-state index contributed by atoms with van der Waals surface area (Å²) >= 11 is 0. The number of methoxy groups -OCH3 is 1. The predicted octanol–water partition coefficient (Wildman–Crippen LogP) is 1.48. The number of H-pyrrole nitrogens is 1. The maximum atomic E-state index is 12.6. The Morgan fingerprint density at radius 2 is 1.84 bits per heavy atom. The predicted molar refractivity (Wildman–Crippen MR) is 115 cm³/mol. The van der Waals surface area contributed by atoms with Crippen LogP contribution in [0, 0.1) is 0 Å². The van der Waals surface area contributed by atoms with Crippen LogP contribution in [0.1, 0.15) is 18.4 Å². The van der Waals surface area contributed by atoms with Gasteiger partial charge in [0.2, 0.25) is 0 Å². The lowest BCUT2D eigenvalue weighted by Crippen LogP contribution is -2.45. The highest BCUT2D eigenvalue weighted by atomic mass is 16.7. The number of aromatic nitrogens is 3. The van der Waals surface area contributed by atoms with Crippen molar-refractivity contribution in [2.45, 2.75) is 25.2 Å². The Morgan fingerprint density at radius 3 is 2.52 bits per heavy atom. The Morgan fingerprint density at radius 1 is 1.13 bits per heavy atom. The quantitative estimate of drug-likeness (QED) is 0.677. The fraction of sp³-hybridized carbons (Fsp3) is 0.409. The van der Waals surface area contributed by atoms with Gasteiger partial charge < -0.3 is 19.1 Å². The summed E-state index contributed by atoms with van der Waals surface area (Å²) in [6.07, 6.45) is 3.21. The monoisotopic (exact) mass is 424 g/mol. The van der Waals surface area contributed by atoms with Crippen LogP contribution in [0.25, 0.3) is 11.0 Å². The zero-order chi connectivity index (χ0) is 21.4. The molecular weight excluding hydrogens is 400 g/mol. The molecule has 2 fully saturated rings. The van der Waals surface area contributed by atoms with E-state index < -0.39 is 17.0 Å². The van der Waals surface area contributed by atoms with Crippen molar-refractivity contribution in [3.63, 3.8) is 0 Å². The molecule has 0 radical (unpaired) electrons. The van der Waals surface area contributed by atoms with Gasteiger partial charge in [-0.05, 0) is 23.8 Å². The number of nitrogens with one attached hydrogen (secondary N) is 1. The molecule has 1 spiro atoms. The second-order valence-corrected chi connectivity index (χ2v) is 7.85. The van der Waals surface area contributed by atoms with Gasteiger partial charge >= 0.3 is 5.69 Å². The molecule has 2 saturated heterocycles. The molecule has 1 aromatic carbocycles. The minimum Gasteiger partial charge on any atom is -0.497 e. The third-order valence-corrected chi connectivity index (χ3v) is 6.03. The number of pyridine rings is 1. The number of aromatic amines is 1. The SMILES string of the molecule is COc1ccc(Cn2c(=O)[nH]c(=O)c3ncc(N4CCC5(CC4)OCCO5)cc32)cc1. The van der Waals surface area contributed by atoms with Crippen molar-refractivity contribution >= 4 is 16.7 Å². The topological polar surface area (TPSA) is 98.7 Å². The molecule has 2 aromatic heterocycles. The molecule has 4 heterocycles. The van der Waals surface area contributed by atoms with Crippen LogP contribution in [0.5, 0.6) is 5.75 Å². The first-order valence-corrected chi connectivity index (χ1v) is 10.4. The second-order valence-electron chi connectivity index (χ2n) is 7.85. The highest BCUT2D eigenvalue weighted by Gasteiger charge is 2.39. The summed E-state index contributed by atoms with van der Waals surface area (Å²) in [5.74, 6) is 0.276.